The van der Waals surface area contributed by atoms with Crippen LogP contribution >= 0.6 is 0 Å². The van der Waals surface area contributed by atoms with E-state index in [1.807, 2.05) is 0 Å². The van der Waals surface area contributed by atoms with E-state index in [0.717, 1.165) is 18.4 Å². The number of carbonyl (C=O) groups excluding carboxylic acids is 2. The number of rotatable bonds is 3. The third-order valence-electron chi connectivity index (χ3n) is 2.49. The molecule has 0 spiro atoms. The molecule has 0 heterocycles. The van der Waals surface area contributed by atoms with E-state index in [2.05, 4.69) is 21.4 Å². The van der Waals surface area contributed by atoms with Crippen molar-refractivity contribution in [2.24, 2.45) is 5.92 Å². The molecule has 0 radical (unpaired) electrons. The van der Waals surface area contributed by atoms with Gasteiger partial charge in [0.05, 0.1) is 14.2 Å². The summed E-state index contributed by atoms with van der Waals surface area (Å²) in [6, 6.07) is -0.632. The van der Waals surface area contributed by atoms with Crippen LogP contribution in [0.4, 0.5) is 4.79 Å². The molecule has 1 atom stereocenters. The molecule has 15 heavy (non-hydrogen) atoms. The monoisotopic (exact) mass is 213 g/mol. The van der Waals surface area contributed by atoms with Crippen molar-refractivity contribution in [3.63, 3.8) is 0 Å². The van der Waals surface area contributed by atoms with Crippen LogP contribution in [0.25, 0.3) is 0 Å². The molecule has 1 fully saturated rings. The van der Waals surface area contributed by atoms with Crippen molar-refractivity contribution in [3.05, 3.63) is 12.2 Å². The van der Waals surface area contributed by atoms with Crippen molar-refractivity contribution in [3.8, 4) is 0 Å². The Labute approximate surface area is 88.4 Å². The minimum Gasteiger partial charge on any atom is -0.467 e. The zero-order valence-corrected chi connectivity index (χ0v) is 8.91. The molecule has 1 amide bonds. The molecule has 0 aliphatic heterocycles. The highest BCUT2D eigenvalue weighted by molar-refractivity contribution is 5.81. The van der Waals surface area contributed by atoms with E-state index in [1.54, 1.807) is 0 Å². The third-order valence-corrected chi connectivity index (χ3v) is 2.49. The minimum atomic E-state index is -0.632. The Kier molecular flexibility index (Phi) is 3.71. The van der Waals surface area contributed by atoms with Gasteiger partial charge in [0, 0.05) is 0 Å². The Morgan fingerprint density at radius 3 is 2.40 bits per heavy atom. The lowest BCUT2D eigenvalue weighted by atomic mass is 9.76. The summed E-state index contributed by atoms with van der Waals surface area (Å²) in [4.78, 5) is 22.4. The average Bonchev–Trinajstić information content (AvgIpc) is 2.20. The van der Waals surface area contributed by atoms with Gasteiger partial charge < -0.3 is 14.8 Å². The largest absolute Gasteiger partial charge is 0.467 e. The topological polar surface area (TPSA) is 64.6 Å². The van der Waals surface area contributed by atoms with Crippen LogP contribution in [0.1, 0.15) is 12.8 Å². The van der Waals surface area contributed by atoms with E-state index in [0.29, 0.717) is 0 Å². The predicted molar refractivity (Wildman–Crippen MR) is 53.2 cm³/mol. The SMILES string of the molecule is C=C1CC(C(NC(=O)OC)C(=O)OC)C1. The highest BCUT2D eigenvalue weighted by Crippen LogP contribution is 2.34. The molecule has 1 rings (SSSR count). The molecule has 1 saturated carbocycles. The molecule has 0 aromatic rings. The summed E-state index contributed by atoms with van der Waals surface area (Å²) in [6.07, 6.45) is 0.857. The second kappa shape index (κ2) is 4.82. The van der Waals surface area contributed by atoms with Crippen LogP contribution in [0.2, 0.25) is 0 Å². The fourth-order valence-electron chi connectivity index (χ4n) is 1.60. The number of carbonyl (C=O) groups is 2. The van der Waals surface area contributed by atoms with Gasteiger partial charge in [0.2, 0.25) is 0 Å². The van der Waals surface area contributed by atoms with Crippen molar-refractivity contribution in [1.29, 1.82) is 0 Å². The fraction of sp³-hybridized carbons (Fsp3) is 0.600. The van der Waals surface area contributed by atoms with Crippen molar-refractivity contribution >= 4 is 12.1 Å². The molecule has 1 aliphatic carbocycles. The van der Waals surface area contributed by atoms with Crippen molar-refractivity contribution < 1.29 is 19.1 Å². The first-order valence-corrected chi connectivity index (χ1v) is 4.67. The summed E-state index contributed by atoms with van der Waals surface area (Å²) in [5, 5.41) is 2.46. The predicted octanol–water partition coefficient (Wildman–Crippen LogP) is 0.850. The number of ether oxygens (including phenoxy) is 2. The Morgan fingerprint density at radius 2 is 2.00 bits per heavy atom. The van der Waals surface area contributed by atoms with Gasteiger partial charge in [-0.05, 0) is 18.8 Å². The van der Waals surface area contributed by atoms with E-state index in [4.69, 9.17) is 0 Å². The second-order valence-corrected chi connectivity index (χ2v) is 3.56. The maximum absolute atomic E-state index is 11.4. The molecule has 0 saturated heterocycles. The van der Waals surface area contributed by atoms with Gasteiger partial charge in [-0.15, -0.1) is 0 Å². The standard InChI is InChI=1S/C10H15NO4/c1-6-4-7(5-6)8(9(12)14-2)11-10(13)15-3/h7-8H,1,4-5H2,2-3H3,(H,11,13). The molecule has 84 valence electrons. The van der Waals surface area contributed by atoms with Crippen LogP contribution < -0.4 is 5.32 Å². The average molecular weight is 213 g/mol. The summed E-state index contributed by atoms with van der Waals surface area (Å²) in [5.41, 5.74) is 1.08. The highest BCUT2D eigenvalue weighted by atomic mass is 16.5. The van der Waals surface area contributed by atoms with Crippen LogP contribution in [0, 0.1) is 5.92 Å². The van der Waals surface area contributed by atoms with Crippen LogP contribution in [-0.2, 0) is 14.3 Å². The Bertz CT molecular complexity index is 279. The van der Waals surface area contributed by atoms with E-state index in [-0.39, 0.29) is 5.92 Å². The first-order valence-electron chi connectivity index (χ1n) is 4.67. The molecular weight excluding hydrogens is 198 g/mol. The lowest BCUT2D eigenvalue weighted by molar-refractivity contribution is -0.144. The normalized spacial score (nSPS) is 17.6. The van der Waals surface area contributed by atoms with Gasteiger partial charge in [-0.3, -0.25) is 0 Å². The summed E-state index contributed by atoms with van der Waals surface area (Å²) in [6.45, 7) is 3.78. The molecule has 5 nitrogen and oxygen atoms in total. The molecule has 0 aromatic carbocycles. The quantitative estimate of drug-likeness (QED) is 0.557. The summed E-state index contributed by atoms with van der Waals surface area (Å²) in [7, 11) is 2.55. The number of amides is 1. The second-order valence-electron chi connectivity index (χ2n) is 3.56. The summed E-state index contributed by atoms with van der Waals surface area (Å²) >= 11 is 0. The van der Waals surface area contributed by atoms with Gasteiger partial charge >= 0.3 is 12.1 Å². The fourth-order valence-corrected chi connectivity index (χ4v) is 1.60. The van der Waals surface area contributed by atoms with Gasteiger partial charge in [0.15, 0.2) is 0 Å². The number of allylic oxidation sites excluding steroid dienone is 1. The lowest BCUT2D eigenvalue weighted by Gasteiger charge is -2.33. The maximum atomic E-state index is 11.4. The van der Waals surface area contributed by atoms with Crippen molar-refractivity contribution in [1.82, 2.24) is 5.32 Å². The van der Waals surface area contributed by atoms with E-state index < -0.39 is 18.1 Å². The van der Waals surface area contributed by atoms with Gasteiger partial charge in [-0.2, -0.15) is 0 Å². The molecule has 0 bridgehead atoms. The summed E-state index contributed by atoms with van der Waals surface area (Å²) in [5.74, 6) is -0.373. The van der Waals surface area contributed by atoms with Gasteiger partial charge in [0.25, 0.3) is 0 Å². The molecule has 1 N–H and O–H groups in total. The number of alkyl carbamates (subject to hydrolysis) is 1. The Hall–Kier alpha value is -1.52. The van der Waals surface area contributed by atoms with Crippen LogP contribution in [0.15, 0.2) is 12.2 Å². The molecule has 5 heteroatoms. The molecular formula is C10H15NO4. The van der Waals surface area contributed by atoms with E-state index in [1.165, 1.54) is 14.2 Å². The van der Waals surface area contributed by atoms with Gasteiger partial charge in [-0.25, -0.2) is 9.59 Å². The van der Waals surface area contributed by atoms with E-state index >= 15 is 0 Å². The van der Waals surface area contributed by atoms with Crippen LogP contribution in [0.5, 0.6) is 0 Å². The van der Waals surface area contributed by atoms with Crippen molar-refractivity contribution in [2.75, 3.05) is 14.2 Å². The molecule has 0 aromatic heterocycles. The van der Waals surface area contributed by atoms with E-state index in [9.17, 15) is 9.59 Å². The zero-order chi connectivity index (χ0) is 11.4. The number of hydrogen-bond acceptors (Lipinski definition) is 4. The van der Waals surface area contributed by atoms with Crippen molar-refractivity contribution in [2.45, 2.75) is 18.9 Å². The Balaban J connectivity index is 2.57. The zero-order valence-electron chi connectivity index (χ0n) is 8.91. The summed E-state index contributed by atoms with van der Waals surface area (Å²) < 4.78 is 9.05. The first kappa shape index (κ1) is 11.6. The lowest BCUT2D eigenvalue weighted by Crippen LogP contribution is -2.49. The highest BCUT2D eigenvalue weighted by Gasteiger charge is 2.36. The third kappa shape index (κ3) is 2.71. The minimum absolute atomic E-state index is 0.0732. The van der Waals surface area contributed by atoms with Crippen LogP contribution in [-0.4, -0.2) is 32.3 Å². The molecule has 1 aliphatic rings. The number of esters is 1. The first-order chi connectivity index (χ1) is 7.08. The smallest absolute Gasteiger partial charge is 0.407 e. The number of nitrogens with one attached hydrogen (secondary N) is 1. The van der Waals surface area contributed by atoms with Crippen LogP contribution in [0.3, 0.4) is 0 Å². The van der Waals surface area contributed by atoms with Gasteiger partial charge in [0.1, 0.15) is 6.04 Å². The number of methoxy groups -OCH3 is 2. The molecule has 1 unspecified atom stereocenters. The Morgan fingerprint density at radius 1 is 1.40 bits per heavy atom. The maximum Gasteiger partial charge on any atom is 0.407 e. The van der Waals surface area contributed by atoms with Gasteiger partial charge in [-0.1, -0.05) is 12.2 Å². The number of hydrogen-bond donors (Lipinski definition) is 1.